The number of rotatable bonds is 8. The molecule has 1 N–H and O–H groups in total. The molecule has 0 bridgehead atoms. The van der Waals surface area contributed by atoms with Crippen molar-refractivity contribution in [1.29, 1.82) is 0 Å². The molecular formula is C14H24F3NO. The van der Waals surface area contributed by atoms with Crippen molar-refractivity contribution in [2.45, 2.75) is 59.1 Å². The van der Waals surface area contributed by atoms with Gasteiger partial charge in [0.25, 0.3) is 5.91 Å². The maximum atomic E-state index is 12.2. The molecule has 2 nitrogen and oxygen atoms in total. The van der Waals surface area contributed by atoms with Crippen molar-refractivity contribution in [3.8, 4) is 0 Å². The molecule has 0 fully saturated rings. The molecule has 0 saturated carbocycles. The first-order valence-electron chi connectivity index (χ1n) is 6.64. The second-order valence-corrected chi connectivity index (χ2v) is 5.63. The summed E-state index contributed by atoms with van der Waals surface area (Å²) < 4.78 is 36.7. The number of unbranched alkanes of at least 4 members (excludes halogenated alkanes) is 3. The first kappa shape index (κ1) is 18.0. The second kappa shape index (κ2) is 7.56. The van der Waals surface area contributed by atoms with Gasteiger partial charge in [0.2, 0.25) is 0 Å². The molecule has 0 aromatic carbocycles. The van der Waals surface area contributed by atoms with E-state index in [0.717, 1.165) is 32.1 Å². The molecule has 1 amide bonds. The Morgan fingerprint density at radius 3 is 2.21 bits per heavy atom. The Hall–Kier alpha value is -1.00. The van der Waals surface area contributed by atoms with Crippen molar-refractivity contribution in [1.82, 2.24) is 5.32 Å². The van der Waals surface area contributed by atoms with Crippen molar-refractivity contribution in [2.24, 2.45) is 5.41 Å². The molecule has 19 heavy (non-hydrogen) atoms. The summed E-state index contributed by atoms with van der Waals surface area (Å²) in [5.41, 5.74) is -1.54. The quantitative estimate of drug-likeness (QED) is 0.523. The minimum absolute atomic E-state index is 0.199. The molecule has 0 rings (SSSR count). The van der Waals surface area contributed by atoms with Crippen LogP contribution in [0, 0.1) is 5.41 Å². The number of amides is 1. The van der Waals surface area contributed by atoms with Crippen LogP contribution in [0.4, 0.5) is 13.2 Å². The maximum Gasteiger partial charge on any atom is 0.421 e. The average molecular weight is 279 g/mol. The molecule has 0 aromatic heterocycles. The number of hydrogen-bond donors (Lipinski definition) is 1. The fraction of sp³-hybridized carbons (Fsp3) is 0.786. The van der Waals surface area contributed by atoms with Crippen LogP contribution in [0.3, 0.4) is 0 Å². The summed E-state index contributed by atoms with van der Waals surface area (Å²) >= 11 is 0. The van der Waals surface area contributed by atoms with E-state index in [4.69, 9.17) is 0 Å². The minimum Gasteiger partial charge on any atom is -0.352 e. The van der Waals surface area contributed by atoms with Gasteiger partial charge in [-0.2, -0.15) is 13.2 Å². The van der Waals surface area contributed by atoms with Gasteiger partial charge in [-0.25, -0.2) is 0 Å². The number of nitrogens with one attached hydrogen (secondary N) is 1. The highest BCUT2D eigenvalue weighted by molar-refractivity contribution is 5.94. The van der Waals surface area contributed by atoms with Gasteiger partial charge in [-0.15, -0.1) is 0 Å². The van der Waals surface area contributed by atoms with E-state index in [-0.39, 0.29) is 12.0 Å². The standard InChI is InChI=1S/C14H24F3NO/c1-5-6-7-8-9-13(3,4)10-18-12(19)11(2)14(15,16)17/h2,5-10H2,1,3-4H3,(H,18,19). The molecule has 0 atom stereocenters. The van der Waals surface area contributed by atoms with Crippen LogP contribution < -0.4 is 5.32 Å². The second-order valence-electron chi connectivity index (χ2n) is 5.63. The van der Waals surface area contributed by atoms with E-state index in [0.29, 0.717) is 0 Å². The molecule has 0 unspecified atom stereocenters. The van der Waals surface area contributed by atoms with E-state index in [1.54, 1.807) is 0 Å². The van der Waals surface area contributed by atoms with Crippen molar-refractivity contribution < 1.29 is 18.0 Å². The van der Waals surface area contributed by atoms with Crippen LogP contribution in [-0.4, -0.2) is 18.6 Å². The van der Waals surface area contributed by atoms with Crippen LogP contribution in [0.25, 0.3) is 0 Å². The number of carbonyl (C=O) groups is 1. The lowest BCUT2D eigenvalue weighted by Gasteiger charge is -2.25. The predicted molar refractivity (Wildman–Crippen MR) is 70.7 cm³/mol. The van der Waals surface area contributed by atoms with Crippen LogP contribution in [0.5, 0.6) is 0 Å². The van der Waals surface area contributed by atoms with Crippen molar-refractivity contribution >= 4 is 5.91 Å². The van der Waals surface area contributed by atoms with Crippen LogP contribution >= 0.6 is 0 Å². The van der Waals surface area contributed by atoms with Crippen LogP contribution in [0.15, 0.2) is 12.2 Å². The third kappa shape index (κ3) is 7.90. The van der Waals surface area contributed by atoms with Gasteiger partial charge in [0, 0.05) is 6.54 Å². The van der Waals surface area contributed by atoms with Crippen molar-refractivity contribution in [3.05, 3.63) is 12.2 Å². The molecule has 0 spiro atoms. The zero-order valence-electron chi connectivity index (χ0n) is 12.0. The third-order valence-corrected chi connectivity index (χ3v) is 3.05. The van der Waals surface area contributed by atoms with Gasteiger partial charge in [0.05, 0.1) is 0 Å². The highest BCUT2D eigenvalue weighted by Gasteiger charge is 2.37. The maximum absolute atomic E-state index is 12.2. The largest absolute Gasteiger partial charge is 0.421 e. The third-order valence-electron chi connectivity index (χ3n) is 3.05. The summed E-state index contributed by atoms with van der Waals surface area (Å²) in [4.78, 5) is 11.3. The predicted octanol–water partition coefficient (Wildman–Crippen LogP) is 4.22. The van der Waals surface area contributed by atoms with Gasteiger partial charge in [-0.3, -0.25) is 4.79 Å². The zero-order chi connectivity index (χ0) is 15.1. The molecule has 0 aliphatic rings. The summed E-state index contributed by atoms with van der Waals surface area (Å²) in [5.74, 6) is -1.13. The number of halogens is 3. The molecule has 0 heterocycles. The summed E-state index contributed by atoms with van der Waals surface area (Å²) in [5, 5.41) is 2.31. The fourth-order valence-electron chi connectivity index (χ4n) is 1.67. The molecule has 0 saturated heterocycles. The molecule has 0 aliphatic heterocycles. The Bertz CT molecular complexity index is 308. The molecule has 0 radical (unpaired) electrons. The summed E-state index contributed by atoms with van der Waals surface area (Å²) in [6.07, 6.45) is 0.664. The van der Waals surface area contributed by atoms with Crippen LogP contribution in [-0.2, 0) is 4.79 Å². The van der Waals surface area contributed by atoms with Gasteiger partial charge in [0.1, 0.15) is 5.57 Å². The molecular weight excluding hydrogens is 255 g/mol. The van der Waals surface area contributed by atoms with E-state index in [1.165, 1.54) is 0 Å². The van der Waals surface area contributed by atoms with E-state index in [9.17, 15) is 18.0 Å². The monoisotopic (exact) mass is 279 g/mol. The van der Waals surface area contributed by atoms with Crippen molar-refractivity contribution in [3.63, 3.8) is 0 Å². The Labute approximate surface area is 113 Å². The number of alkyl halides is 3. The lowest BCUT2D eigenvalue weighted by molar-refractivity contribution is -0.130. The SMILES string of the molecule is C=C(C(=O)NCC(C)(C)CCCCCC)C(F)(F)F. The smallest absolute Gasteiger partial charge is 0.352 e. The van der Waals surface area contributed by atoms with Gasteiger partial charge in [-0.1, -0.05) is 53.0 Å². The van der Waals surface area contributed by atoms with Gasteiger partial charge in [0.15, 0.2) is 0 Å². The first-order chi connectivity index (χ1) is 8.60. The molecule has 0 aliphatic carbocycles. The normalized spacial score (nSPS) is 12.3. The lowest BCUT2D eigenvalue weighted by atomic mass is 9.86. The number of hydrogen-bond acceptors (Lipinski definition) is 1. The summed E-state index contributed by atoms with van der Waals surface area (Å²) in [7, 11) is 0. The van der Waals surface area contributed by atoms with Gasteiger partial charge < -0.3 is 5.32 Å². The lowest BCUT2D eigenvalue weighted by Crippen LogP contribution is -2.37. The number of carbonyl (C=O) groups excluding carboxylic acids is 1. The van der Waals surface area contributed by atoms with Crippen LogP contribution in [0.2, 0.25) is 0 Å². The highest BCUT2D eigenvalue weighted by atomic mass is 19.4. The molecule has 0 aromatic rings. The van der Waals surface area contributed by atoms with E-state index < -0.39 is 17.7 Å². The van der Waals surface area contributed by atoms with Gasteiger partial charge >= 0.3 is 6.18 Å². The Kier molecular flexibility index (Phi) is 7.16. The van der Waals surface area contributed by atoms with E-state index in [1.807, 2.05) is 13.8 Å². The fourth-order valence-corrected chi connectivity index (χ4v) is 1.67. The Morgan fingerprint density at radius 1 is 1.16 bits per heavy atom. The Morgan fingerprint density at radius 2 is 1.74 bits per heavy atom. The average Bonchev–Trinajstić information content (AvgIpc) is 2.30. The summed E-state index contributed by atoms with van der Waals surface area (Å²) in [6, 6.07) is 0. The highest BCUT2D eigenvalue weighted by Crippen LogP contribution is 2.26. The first-order valence-corrected chi connectivity index (χ1v) is 6.64. The minimum atomic E-state index is -4.66. The Balaban J connectivity index is 4.09. The topological polar surface area (TPSA) is 29.1 Å². The van der Waals surface area contributed by atoms with Gasteiger partial charge in [-0.05, 0) is 11.8 Å². The molecule has 5 heteroatoms. The van der Waals surface area contributed by atoms with Crippen molar-refractivity contribution in [2.75, 3.05) is 6.54 Å². The van der Waals surface area contributed by atoms with E-state index >= 15 is 0 Å². The zero-order valence-corrected chi connectivity index (χ0v) is 12.0. The molecule has 112 valence electrons. The van der Waals surface area contributed by atoms with E-state index in [2.05, 4.69) is 18.8 Å². The summed E-state index contributed by atoms with van der Waals surface area (Å²) in [6.45, 7) is 9.00. The van der Waals surface area contributed by atoms with Crippen LogP contribution in [0.1, 0.15) is 52.9 Å².